The van der Waals surface area contributed by atoms with Crippen molar-refractivity contribution < 1.29 is 17.9 Å². The van der Waals surface area contributed by atoms with Crippen LogP contribution in [0, 0.1) is 0 Å². The molecule has 148 valence electrons. The van der Waals surface area contributed by atoms with Gasteiger partial charge >= 0.3 is 0 Å². The van der Waals surface area contributed by atoms with E-state index in [2.05, 4.69) is 15.5 Å². The molecule has 1 aliphatic heterocycles. The number of methoxy groups -OCH3 is 1. The van der Waals surface area contributed by atoms with E-state index in [1.165, 1.54) is 19.2 Å². The third-order valence-electron chi connectivity index (χ3n) is 4.18. The Hall–Kier alpha value is -1.19. The Labute approximate surface area is 161 Å². The highest BCUT2D eigenvalue weighted by Crippen LogP contribution is 2.12. The predicted octanol–water partition coefficient (Wildman–Crippen LogP) is 0.554. The van der Waals surface area contributed by atoms with Crippen LogP contribution in [-0.4, -0.2) is 78.0 Å². The minimum Gasteiger partial charge on any atom is -0.384 e. The fourth-order valence-electron chi connectivity index (χ4n) is 2.67. The Morgan fingerprint density at radius 2 is 1.88 bits per heavy atom. The molecule has 1 saturated heterocycles. The van der Waals surface area contributed by atoms with Crippen molar-refractivity contribution in [2.75, 3.05) is 58.7 Å². The molecule has 0 saturated carbocycles. The highest BCUT2D eigenvalue weighted by molar-refractivity contribution is 7.91. The molecular formula is C17H28ClN3O4S. The molecule has 0 unspecified atom stereocenters. The number of carbonyl (C=O) groups excluding carboxylic acids is 1. The second-order valence-corrected chi connectivity index (χ2v) is 8.15. The summed E-state index contributed by atoms with van der Waals surface area (Å²) in [6, 6.07) is 6.04. The van der Waals surface area contributed by atoms with Gasteiger partial charge in [-0.3, -0.25) is 4.79 Å². The van der Waals surface area contributed by atoms with Crippen LogP contribution in [0.25, 0.3) is 0 Å². The van der Waals surface area contributed by atoms with Gasteiger partial charge in [0.05, 0.1) is 17.3 Å². The molecule has 0 aromatic heterocycles. The van der Waals surface area contributed by atoms with E-state index < -0.39 is 9.84 Å². The second kappa shape index (κ2) is 11.5. The van der Waals surface area contributed by atoms with Crippen LogP contribution in [-0.2, 0) is 14.6 Å². The molecule has 2 N–H and O–H groups in total. The number of carbonyl (C=O) groups is 1. The van der Waals surface area contributed by atoms with Gasteiger partial charge in [0.25, 0.3) is 5.91 Å². The maximum absolute atomic E-state index is 12.1. The van der Waals surface area contributed by atoms with E-state index in [1.807, 2.05) is 0 Å². The van der Waals surface area contributed by atoms with Crippen molar-refractivity contribution in [3.05, 3.63) is 29.8 Å². The van der Waals surface area contributed by atoms with Gasteiger partial charge in [-0.25, -0.2) is 8.42 Å². The van der Waals surface area contributed by atoms with Crippen molar-refractivity contribution in [1.82, 2.24) is 15.5 Å². The van der Waals surface area contributed by atoms with Crippen LogP contribution in [0.15, 0.2) is 29.2 Å². The maximum Gasteiger partial charge on any atom is 0.251 e. The van der Waals surface area contributed by atoms with Gasteiger partial charge in [-0.1, -0.05) is 0 Å². The number of hydrogen-bond donors (Lipinski definition) is 2. The topological polar surface area (TPSA) is 87.7 Å². The summed E-state index contributed by atoms with van der Waals surface area (Å²) in [5.74, 6) is -0.248. The lowest BCUT2D eigenvalue weighted by molar-refractivity contribution is 0.0951. The molecule has 26 heavy (non-hydrogen) atoms. The largest absolute Gasteiger partial charge is 0.384 e. The van der Waals surface area contributed by atoms with Gasteiger partial charge in [-0.2, -0.15) is 0 Å². The Morgan fingerprint density at radius 3 is 2.50 bits per heavy atom. The summed E-state index contributed by atoms with van der Waals surface area (Å²) in [4.78, 5) is 14.7. The van der Waals surface area contributed by atoms with Gasteiger partial charge in [0.1, 0.15) is 0 Å². The van der Waals surface area contributed by atoms with Crippen LogP contribution < -0.4 is 10.6 Å². The number of rotatable bonds is 9. The molecule has 0 spiro atoms. The molecule has 0 radical (unpaired) electrons. The van der Waals surface area contributed by atoms with Crippen LogP contribution >= 0.6 is 12.4 Å². The summed E-state index contributed by atoms with van der Waals surface area (Å²) in [5.41, 5.74) is 0.466. The number of amides is 1. The molecule has 0 bridgehead atoms. The highest BCUT2D eigenvalue weighted by atomic mass is 35.5. The lowest BCUT2D eigenvalue weighted by Gasteiger charge is -2.27. The van der Waals surface area contributed by atoms with Crippen molar-refractivity contribution in [3.8, 4) is 0 Å². The lowest BCUT2D eigenvalue weighted by Crippen LogP contribution is -2.44. The summed E-state index contributed by atoms with van der Waals surface area (Å²) < 4.78 is 28.9. The molecular weight excluding hydrogens is 378 g/mol. The molecule has 1 amide bonds. The summed E-state index contributed by atoms with van der Waals surface area (Å²) in [5, 5.41) is 6.19. The van der Waals surface area contributed by atoms with Crippen LogP contribution in [0.5, 0.6) is 0 Å². The SMILES string of the molecule is COCCS(=O)(=O)c1ccc(C(=O)NCCCN2CCNCC2)cc1.Cl. The fourth-order valence-corrected chi connectivity index (χ4v) is 3.84. The fraction of sp³-hybridized carbons (Fsp3) is 0.588. The second-order valence-electron chi connectivity index (χ2n) is 6.04. The van der Waals surface area contributed by atoms with Gasteiger partial charge < -0.3 is 20.3 Å². The van der Waals surface area contributed by atoms with Crippen LogP contribution in [0.2, 0.25) is 0 Å². The van der Waals surface area contributed by atoms with Crippen molar-refractivity contribution in [3.63, 3.8) is 0 Å². The van der Waals surface area contributed by atoms with E-state index in [4.69, 9.17) is 4.74 Å². The van der Waals surface area contributed by atoms with E-state index in [0.29, 0.717) is 12.1 Å². The zero-order valence-electron chi connectivity index (χ0n) is 15.1. The smallest absolute Gasteiger partial charge is 0.251 e. The Bertz CT molecular complexity index is 646. The predicted molar refractivity (Wildman–Crippen MR) is 104 cm³/mol. The van der Waals surface area contributed by atoms with Gasteiger partial charge in [0.2, 0.25) is 0 Å². The Balaban J connectivity index is 0.00000338. The minimum absolute atomic E-state index is 0. The zero-order valence-corrected chi connectivity index (χ0v) is 16.7. The van der Waals surface area contributed by atoms with E-state index in [0.717, 1.165) is 39.1 Å². The number of halogens is 1. The first-order chi connectivity index (χ1) is 12.0. The third kappa shape index (κ3) is 7.20. The molecule has 0 aliphatic carbocycles. The number of nitrogens with zero attached hydrogens (tertiary/aromatic N) is 1. The minimum atomic E-state index is -3.37. The average molecular weight is 406 g/mol. The van der Waals surface area contributed by atoms with Crippen molar-refractivity contribution in [1.29, 1.82) is 0 Å². The van der Waals surface area contributed by atoms with E-state index in [1.54, 1.807) is 12.1 Å². The molecule has 0 atom stereocenters. The van der Waals surface area contributed by atoms with Crippen LogP contribution in [0.3, 0.4) is 0 Å². The van der Waals surface area contributed by atoms with Crippen LogP contribution in [0.1, 0.15) is 16.8 Å². The standard InChI is InChI=1S/C17H27N3O4S.ClH/c1-24-13-14-25(22,23)16-5-3-15(4-6-16)17(21)19-7-2-10-20-11-8-18-9-12-20;/h3-6,18H,2,7-14H2,1H3,(H,19,21);1H. The molecule has 1 fully saturated rings. The highest BCUT2D eigenvalue weighted by Gasteiger charge is 2.15. The summed E-state index contributed by atoms with van der Waals surface area (Å²) >= 11 is 0. The average Bonchev–Trinajstić information content (AvgIpc) is 2.64. The number of sulfone groups is 1. The molecule has 9 heteroatoms. The number of hydrogen-bond acceptors (Lipinski definition) is 6. The molecule has 7 nitrogen and oxygen atoms in total. The number of ether oxygens (including phenoxy) is 1. The first-order valence-corrected chi connectivity index (χ1v) is 10.2. The number of benzene rings is 1. The molecule has 1 aromatic rings. The van der Waals surface area contributed by atoms with E-state index in [-0.39, 0.29) is 35.6 Å². The third-order valence-corrected chi connectivity index (χ3v) is 5.87. The number of nitrogens with one attached hydrogen (secondary N) is 2. The lowest BCUT2D eigenvalue weighted by atomic mass is 10.2. The Morgan fingerprint density at radius 1 is 1.23 bits per heavy atom. The summed E-state index contributed by atoms with van der Waals surface area (Å²) in [6.45, 7) is 5.87. The summed E-state index contributed by atoms with van der Waals surface area (Å²) in [6.07, 6.45) is 0.898. The molecule has 1 aliphatic rings. The van der Waals surface area contributed by atoms with E-state index >= 15 is 0 Å². The summed E-state index contributed by atoms with van der Waals surface area (Å²) in [7, 11) is -1.90. The van der Waals surface area contributed by atoms with Crippen LogP contribution in [0.4, 0.5) is 0 Å². The molecule has 2 rings (SSSR count). The molecule has 1 heterocycles. The monoisotopic (exact) mass is 405 g/mol. The van der Waals surface area contributed by atoms with Crippen molar-refractivity contribution in [2.45, 2.75) is 11.3 Å². The Kier molecular flexibility index (Phi) is 10.1. The van der Waals surface area contributed by atoms with Crippen molar-refractivity contribution in [2.24, 2.45) is 0 Å². The van der Waals surface area contributed by atoms with Gasteiger partial charge in [0.15, 0.2) is 9.84 Å². The number of piperazine rings is 1. The van der Waals surface area contributed by atoms with E-state index in [9.17, 15) is 13.2 Å². The van der Waals surface area contributed by atoms with Gasteiger partial charge in [-0.05, 0) is 37.2 Å². The maximum atomic E-state index is 12.1. The quantitative estimate of drug-likeness (QED) is 0.583. The first kappa shape index (κ1) is 22.9. The normalized spacial score (nSPS) is 15.3. The molecule has 1 aromatic carbocycles. The van der Waals surface area contributed by atoms with Gasteiger partial charge in [0, 0.05) is 45.4 Å². The zero-order chi connectivity index (χ0) is 18.1. The van der Waals surface area contributed by atoms with Gasteiger partial charge in [-0.15, -0.1) is 12.4 Å². The van der Waals surface area contributed by atoms with Crippen molar-refractivity contribution >= 4 is 28.2 Å². The first-order valence-electron chi connectivity index (χ1n) is 8.56.